The van der Waals surface area contributed by atoms with Crippen LogP contribution < -0.4 is 4.74 Å². The molecule has 0 amide bonds. The molecule has 0 heterocycles. The quantitative estimate of drug-likeness (QED) is 0.232. The van der Waals surface area contributed by atoms with Crippen molar-refractivity contribution in [3.63, 3.8) is 0 Å². The van der Waals surface area contributed by atoms with Crippen LogP contribution in [0, 0.1) is 34.1 Å². The van der Waals surface area contributed by atoms with Gasteiger partial charge in [0.1, 0.15) is 11.5 Å². The lowest BCUT2D eigenvalue weighted by atomic mass is 9.98. The third-order valence-corrected chi connectivity index (χ3v) is 5.42. The number of nitro groups is 2. The van der Waals surface area contributed by atoms with Crippen LogP contribution in [0.2, 0.25) is 0 Å². The molecule has 4 rings (SSSR count). The number of rotatable bonds is 6. The van der Waals surface area contributed by atoms with Gasteiger partial charge in [0.15, 0.2) is 0 Å². The molecule has 0 fully saturated rings. The smallest absolute Gasteiger partial charge is 0.269 e. The minimum Gasteiger partial charge on any atom is -0.456 e. The first kappa shape index (κ1) is 21.7. The van der Waals surface area contributed by atoms with Gasteiger partial charge in [0, 0.05) is 35.4 Å². The average molecular weight is 440 g/mol. The highest BCUT2D eigenvalue weighted by Gasteiger charge is 2.16. The Balaban J connectivity index is 1.78. The van der Waals surface area contributed by atoms with Crippen molar-refractivity contribution in [2.45, 2.75) is 13.8 Å². The molecule has 0 N–H and O–H groups in total. The fourth-order valence-electron chi connectivity index (χ4n) is 3.81. The summed E-state index contributed by atoms with van der Waals surface area (Å²) in [6.07, 6.45) is 0. The minimum absolute atomic E-state index is 0.0222. The molecule has 0 saturated heterocycles. The van der Waals surface area contributed by atoms with E-state index in [-0.39, 0.29) is 11.4 Å². The molecule has 0 unspecified atom stereocenters. The molecule has 0 bridgehead atoms. The molecule has 0 spiro atoms. The predicted octanol–water partition coefficient (Wildman–Crippen LogP) is 7.25. The Hall–Kier alpha value is -4.52. The molecule has 7 nitrogen and oxygen atoms in total. The van der Waals surface area contributed by atoms with Crippen molar-refractivity contribution in [3.8, 4) is 33.8 Å². The van der Waals surface area contributed by atoms with E-state index in [0.717, 1.165) is 33.4 Å². The van der Waals surface area contributed by atoms with Gasteiger partial charge in [-0.1, -0.05) is 24.3 Å². The molecular weight excluding hydrogens is 420 g/mol. The molecule has 164 valence electrons. The molecule has 0 aromatic heterocycles. The Morgan fingerprint density at radius 2 is 0.939 bits per heavy atom. The van der Waals surface area contributed by atoms with Gasteiger partial charge in [0.05, 0.1) is 9.85 Å². The Morgan fingerprint density at radius 3 is 1.27 bits per heavy atom. The molecule has 4 aromatic carbocycles. The van der Waals surface area contributed by atoms with E-state index in [0.29, 0.717) is 11.5 Å². The van der Waals surface area contributed by atoms with Gasteiger partial charge >= 0.3 is 0 Å². The van der Waals surface area contributed by atoms with E-state index in [2.05, 4.69) is 0 Å². The van der Waals surface area contributed by atoms with Crippen molar-refractivity contribution in [2.24, 2.45) is 0 Å². The molecule has 0 atom stereocenters. The zero-order chi connectivity index (χ0) is 23.5. The predicted molar refractivity (Wildman–Crippen MR) is 127 cm³/mol. The fraction of sp³-hybridized carbons (Fsp3) is 0.0769. The molecule has 0 saturated carbocycles. The van der Waals surface area contributed by atoms with Gasteiger partial charge in [-0.2, -0.15) is 0 Å². The molecule has 7 heteroatoms. The highest BCUT2D eigenvalue weighted by atomic mass is 16.6. The number of nitro benzene ring substituents is 2. The van der Waals surface area contributed by atoms with Crippen LogP contribution in [-0.4, -0.2) is 9.85 Å². The fourth-order valence-corrected chi connectivity index (χ4v) is 3.81. The van der Waals surface area contributed by atoms with Crippen molar-refractivity contribution >= 4 is 11.4 Å². The minimum atomic E-state index is -0.428. The number of benzene rings is 4. The van der Waals surface area contributed by atoms with E-state index in [1.165, 1.54) is 24.3 Å². The summed E-state index contributed by atoms with van der Waals surface area (Å²) in [4.78, 5) is 21.2. The molecule has 0 aliphatic heterocycles. The molecular formula is C26H20N2O5. The van der Waals surface area contributed by atoms with Crippen LogP contribution in [0.3, 0.4) is 0 Å². The standard InChI is InChI=1S/C26H20N2O5/c1-17-5-3-7-23(25(17)19-9-13-21(14-10-19)27(29)30)33-24-8-4-6-18(2)26(24)20-11-15-22(16-12-20)28(31)32/h3-16H,1-2H3. The van der Waals surface area contributed by atoms with Crippen LogP contribution in [0.1, 0.15) is 11.1 Å². The maximum Gasteiger partial charge on any atom is 0.269 e. The lowest BCUT2D eigenvalue weighted by Gasteiger charge is -2.17. The zero-order valence-electron chi connectivity index (χ0n) is 18.0. The van der Waals surface area contributed by atoms with Gasteiger partial charge < -0.3 is 4.74 Å². The second-order valence-electron chi connectivity index (χ2n) is 7.61. The van der Waals surface area contributed by atoms with Crippen LogP contribution >= 0.6 is 0 Å². The topological polar surface area (TPSA) is 95.5 Å². The third-order valence-electron chi connectivity index (χ3n) is 5.42. The number of hydrogen-bond acceptors (Lipinski definition) is 5. The average Bonchev–Trinajstić information content (AvgIpc) is 2.79. The highest BCUT2D eigenvalue weighted by molar-refractivity contribution is 5.78. The number of hydrogen-bond donors (Lipinski definition) is 0. The normalized spacial score (nSPS) is 10.6. The van der Waals surface area contributed by atoms with Crippen LogP contribution in [-0.2, 0) is 0 Å². The second-order valence-corrected chi connectivity index (χ2v) is 7.61. The summed E-state index contributed by atoms with van der Waals surface area (Å²) in [6.45, 7) is 3.91. The van der Waals surface area contributed by atoms with E-state index in [9.17, 15) is 20.2 Å². The second kappa shape index (κ2) is 8.92. The summed E-state index contributed by atoms with van der Waals surface area (Å²) in [5, 5.41) is 22.1. The summed E-state index contributed by atoms with van der Waals surface area (Å²) in [7, 11) is 0. The van der Waals surface area contributed by atoms with Crippen LogP contribution in [0.25, 0.3) is 22.3 Å². The summed E-state index contributed by atoms with van der Waals surface area (Å²) < 4.78 is 6.40. The summed E-state index contributed by atoms with van der Waals surface area (Å²) >= 11 is 0. The lowest BCUT2D eigenvalue weighted by molar-refractivity contribution is -0.385. The monoisotopic (exact) mass is 440 g/mol. The van der Waals surface area contributed by atoms with E-state index in [4.69, 9.17) is 4.74 Å². The summed E-state index contributed by atoms with van der Waals surface area (Å²) in [5.41, 5.74) is 5.25. The molecule has 33 heavy (non-hydrogen) atoms. The van der Waals surface area contributed by atoms with Gasteiger partial charge in [-0.25, -0.2) is 0 Å². The Kier molecular flexibility index (Phi) is 5.87. The van der Waals surface area contributed by atoms with Gasteiger partial charge in [-0.3, -0.25) is 20.2 Å². The Labute approximate surface area is 190 Å². The number of aryl methyl sites for hydroxylation is 2. The summed E-state index contributed by atoms with van der Waals surface area (Å²) in [5.74, 6) is 1.22. The first-order valence-corrected chi connectivity index (χ1v) is 10.2. The largest absolute Gasteiger partial charge is 0.456 e. The van der Waals surface area contributed by atoms with Crippen molar-refractivity contribution in [1.82, 2.24) is 0 Å². The number of non-ortho nitro benzene ring substituents is 2. The maximum absolute atomic E-state index is 11.0. The molecule has 0 aliphatic carbocycles. The van der Waals surface area contributed by atoms with Crippen molar-refractivity contribution in [1.29, 1.82) is 0 Å². The van der Waals surface area contributed by atoms with Crippen molar-refractivity contribution in [2.75, 3.05) is 0 Å². The first-order chi connectivity index (χ1) is 15.8. The van der Waals surface area contributed by atoms with Gasteiger partial charge in [0.2, 0.25) is 0 Å². The Bertz CT molecular complexity index is 1240. The SMILES string of the molecule is Cc1cccc(Oc2cccc(C)c2-c2ccc([N+](=O)[O-])cc2)c1-c1ccc([N+](=O)[O-])cc1. The van der Waals surface area contributed by atoms with E-state index in [1.54, 1.807) is 24.3 Å². The first-order valence-electron chi connectivity index (χ1n) is 10.2. The van der Waals surface area contributed by atoms with Crippen molar-refractivity contribution < 1.29 is 14.6 Å². The lowest BCUT2D eigenvalue weighted by Crippen LogP contribution is -1.95. The van der Waals surface area contributed by atoms with E-state index < -0.39 is 9.85 Å². The zero-order valence-corrected chi connectivity index (χ0v) is 18.0. The highest BCUT2D eigenvalue weighted by Crippen LogP contribution is 2.41. The molecule has 0 aliphatic rings. The van der Waals surface area contributed by atoms with E-state index >= 15 is 0 Å². The van der Waals surface area contributed by atoms with Gasteiger partial charge in [-0.05, 0) is 72.5 Å². The number of nitrogens with zero attached hydrogens (tertiary/aromatic N) is 2. The molecule has 0 radical (unpaired) electrons. The van der Waals surface area contributed by atoms with Crippen LogP contribution in [0.5, 0.6) is 11.5 Å². The van der Waals surface area contributed by atoms with E-state index in [1.807, 2.05) is 50.2 Å². The summed E-state index contributed by atoms with van der Waals surface area (Å²) in [6, 6.07) is 24.1. The third kappa shape index (κ3) is 4.43. The van der Waals surface area contributed by atoms with Crippen LogP contribution in [0.15, 0.2) is 84.9 Å². The maximum atomic E-state index is 11.0. The Morgan fingerprint density at radius 1 is 0.576 bits per heavy atom. The van der Waals surface area contributed by atoms with Crippen LogP contribution in [0.4, 0.5) is 11.4 Å². The molecule has 4 aromatic rings. The van der Waals surface area contributed by atoms with Gasteiger partial charge in [-0.15, -0.1) is 0 Å². The van der Waals surface area contributed by atoms with Crippen molar-refractivity contribution in [3.05, 3.63) is 116 Å². The van der Waals surface area contributed by atoms with Gasteiger partial charge in [0.25, 0.3) is 11.4 Å². The number of ether oxygens (including phenoxy) is 1.